The minimum absolute atomic E-state index is 0.689. The van der Waals surface area contributed by atoms with E-state index < -0.39 is 0 Å². The summed E-state index contributed by atoms with van der Waals surface area (Å²) in [7, 11) is 0. The molecule has 1 rings (SSSR count). The highest BCUT2D eigenvalue weighted by molar-refractivity contribution is 7.80. The van der Waals surface area contributed by atoms with Crippen LogP contribution in [0.5, 0.6) is 0 Å². The van der Waals surface area contributed by atoms with Gasteiger partial charge in [-0.3, -0.25) is 0 Å². The summed E-state index contributed by atoms with van der Waals surface area (Å²) in [6.45, 7) is 1.92. The van der Waals surface area contributed by atoms with Crippen LogP contribution in [0.1, 0.15) is 5.56 Å². The van der Waals surface area contributed by atoms with E-state index in [4.69, 9.17) is 11.6 Å². The van der Waals surface area contributed by atoms with Crippen molar-refractivity contribution in [3.8, 4) is 0 Å². The summed E-state index contributed by atoms with van der Waals surface area (Å²) >= 11 is 9.87. The molecular weight excluding hydrogens is 152 g/mol. The number of hydrogen-bond acceptors (Lipinski definition) is 1. The first-order valence-corrected chi connectivity index (χ1v) is 3.40. The second kappa shape index (κ2) is 2.63. The lowest BCUT2D eigenvalue weighted by atomic mass is 10.2. The SMILES string of the molecule is Cc1[c]ccc(Cl)c1S. The van der Waals surface area contributed by atoms with Crippen molar-refractivity contribution < 1.29 is 0 Å². The van der Waals surface area contributed by atoms with Gasteiger partial charge >= 0.3 is 0 Å². The molecule has 0 atom stereocenters. The fourth-order valence-corrected chi connectivity index (χ4v) is 0.910. The molecular formula is C7H6ClS. The van der Waals surface area contributed by atoms with Crippen LogP contribution in [-0.2, 0) is 0 Å². The van der Waals surface area contributed by atoms with Crippen LogP contribution in [-0.4, -0.2) is 0 Å². The van der Waals surface area contributed by atoms with E-state index in [2.05, 4.69) is 18.7 Å². The average molecular weight is 158 g/mol. The summed E-state index contributed by atoms with van der Waals surface area (Å²) in [5, 5.41) is 0.689. The zero-order valence-electron chi connectivity index (χ0n) is 4.98. The van der Waals surface area contributed by atoms with Gasteiger partial charge in [-0.25, -0.2) is 0 Å². The highest BCUT2D eigenvalue weighted by Crippen LogP contribution is 2.21. The van der Waals surface area contributed by atoms with Crippen LogP contribution in [0.15, 0.2) is 17.0 Å². The lowest BCUT2D eigenvalue weighted by Gasteiger charge is -1.97. The molecule has 0 unspecified atom stereocenters. The van der Waals surface area contributed by atoms with Crippen molar-refractivity contribution in [2.45, 2.75) is 11.8 Å². The minimum atomic E-state index is 0.689. The first-order valence-electron chi connectivity index (χ1n) is 2.57. The summed E-state index contributed by atoms with van der Waals surface area (Å²) in [6, 6.07) is 6.54. The third kappa shape index (κ3) is 1.41. The topological polar surface area (TPSA) is 0 Å². The van der Waals surface area contributed by atoms with E-state index in [1.807, 2.05) is 6.92 Å². The lowest BCUT2D eigenvalue weighted by molar-refractivity contribution is 1.30. The van der Waals surface area contributed by atoms with Gasteiger partial charge in [-0.2, -0.15) is 0 Å². The van der Waals surface area contributed by atoms with E-state index >= 15 is 0 Å². The number of benzene rings is 1. The standard InChI is InChI=1S/C7H6ClS/c1-5-3-2-4-6(8)7(5)9/h2,4,9H,1H3. The Labute approximate surface area is 65.3 Å². The smallest absolute Gasteiger partial charge is 0.0542 e. The second-order valence-corrected chi connectivity index (χ2v) is 2.65. The summed E-state index contributed by atoms with van der Waals surface area (Å²) < 4.78 is 0. The molecule has 1 aromatic rings. The Balaban J connectivity index is 3.25. The third-order valence-electron chi connectivity index (χ3n) is 1.11. The molecule has 1 aromatic carbocycles. The highest BCUT2D eigenvalue weighted by Gasteiger charge is 1.95. The van der Waals surface area contributed by atoms with Crippen LogP contribution in [0.2, 0.25) is 5.02 Å². The number of halogens is 1. The molecule has 0 aliphatic carbocycles. The highest BCUT2D eigenvalue weighted by atomic mass is 35.5. The Morgan fingerprint density at radius 1 is 1.67 bits per heavy atom. The quantitative estimate of drug-likeness (QED) is 0.550. The van der Waals surface area contributed by atoms with Crippen molar-refractivity contribution in [2.24, 2.45) is 0 Å². The summed E-state index contributed by atoms with van der Waals surface area (Å²) in [6.07, 6.45) is 0. The Kier molecular flexibility index (Phi) is 2.04. The number of rotatable bonds is 0. The van der Waals surface area contributed by atoms with Gasteiger partial charge in [-0.05, 0) is 24.6 Å². The molecule has 2 heteroatoms. The molecule has 0 nitrogen and oxygen atoms in total. The van der Waals surface area contributed by atoms with Gasteiger partial charge in [0, 0.05) is 4.90 Å². The number of hydrogen-bond donors (Lipinski definition) is 1. The predicted molar refractivity (Wildman–Crippen MR) is 42.3 cm³/mol. The normalized spacial score (nSPS) is 9.67. The summed E-state index contributed by atoms with van der Waals surface area (Å²) in [5.41, 5.74) is 0.992. The maximum absolute atomic E-state index is 5.72. The minimum Gasteiger partial charge on any atom is -0.142 e. The molecule has 0 amide bonds. The van der Waals surface area contributed by atoms with E-state index in [1.165, 1.54) is 0 Å². The van der Waals surface area contributed by atoms with E-state index in [0.717, 1.165) is 10.5 Å². The van der Waals surface area contributed by atoms with Gasteiger partial charge in [0.2, 0.25) is 0 Å². The monoisotopic (exact) mass is 157 g/mol. The molecule has 0 saturated carbocycles. The Morgan fingerprint density at radius 3 is 2.78 bits per heavy atom. The molecule has 0 N–H and O–H groups in total. The van der Waals surface area contributed by atoms with Crippen molar-refractivity contribution in [1.82, 2.24) is 0 Å². The average Bonchev–Trinajstić information content (AvgIpc) is 1.83. The van der Waals surface area contributed by atoms with E-state index in [1.54, 1.807) is 12.1 Å². The zero-order chi connectivity index (χ0) is 6.85. The van der Waals surface area contributed by atoms with Gasteiger partial charge < -0.3 is 0 Å². The van der Waals surface area contributed by atoms with Gasteiger partial charge in [0.15, 0.2) is 0 Å². The first-order chi connectivity index (χ1) is 4.22. The molecule has 0 heterocycles. The molecule has 9 heavy (non-hydrogen) atoms. The van der Waals surface area contributed by atoms with Crippen molar-refractivity contribution in [2.75, 3.05) is 0 Å². The van der Waals surface area contributed by atoms with Crippen LogP contribution < -0.4 is 0 Å². The molecule has 0 aromatic heterocycles. The maximum Gasteiger partial charge on any atom is 0.0542 e. The second-order valence-electron chi connectivity index (χ2n) is 1.80. The van der Waals surface area contributed by atoms with E-state index in [9.17, 15) is 0 Å². The van der Waals surface area contributed by atoms with Crippen molar-refractivity contribution in [3.63, 3.8) is 0 Å². The van der Waals surface area contributed by atoms with Crippen LogP contribution in [0, 0.1) is 13.0 Å². The van der Waals surface area contributed by atoms with Crippen molar-refractivity contribution in [3.05, 3.63) is 28.8 Å². The van der Waals surface area contributed by atoms with Gasteiger partial charge in [-0.1, -0.05) is 17.7 Å². The fourth-order valence-electron chi connectivity index (χ4n) is 0.566. The van der Waals surface area contributed by atoms with Crippen LogP contribution in [0.4, 0.5) is 0 Å². The van der Waals surface area contributed by atoms with Gasteiger partial charge in [0.05, 0.1) is 5.02 Å². The molecule has 0 spiro atoms. The molecule has 47 valence electrons. The predicted octanol–water partition coefficient (Wildman–Crippen LogP) is 2.74. The molecule has 0 aliphatic rings. The Hall–Kier alpha value is -0.140. The van der Waals surface area contributed by atoms with Gasteiger partial charge in [-0.15, -0.1) is 12.6 Å². The van der Waals surface area contributed by atoms with Crippen LogP contribution in [0.25, 0.3) is 0 Å². The maximum atomic E-state index is 5.72. The van der Waals surface area contributed by atoms with Crippen molar-refractivity contribution >= 4 is 24.2 Å². The van der Waals surface area contributed by atoms with Crippen molar-refractivity contribution in [1.29, 1.82) is 0 Å². The third-order valence-corrected chi connectivity index (χ3v) is 2.13. The van der Waals surface area contributed by atoms with E-state index in [0.29, 0.717) is 5.02 Å². The lowest BCUT2D eigenvalue weighted by Crippen LogP contribution is -1.75. The summed E-state index contributed by atoms with van der Waals surface area (Å²) in [5.74, 6) is 0. The summed E-state index contributed by atoms with van der Waals surface area (Å²) in [4.78, 5) is 0.819. The first kappa shape index (κ1) is 6.97. The van der Waals surface area contributed by atoms with Crippen LogP contribution in [0.3, 0.4) is 0 Å². The molecule has 1 radical (unpaired) electrons. The number of thiol groups is 1. The fraction of sp³-hybridized carbons (Fsp3) is 0.143. The Bertz CT molecular complexity index is 200. The van der Waals surface area contributed by atoms with E-state index in [-0.39, 0.29) is 0 Å². The van der Waals surface area contributed by atoms with Gasteiger partial charge in [0.25, 0.3) is 0 Å². The molecule has 0 bridgehead atoms. The van der Waals surface area contributed by atoms with Crippen LogP contribution >= 0.6 is 24.2 Å². The zero-order valence-corrected chi connectivity index (χ0v) is 6.63. The largest absolute Gasteiger partial charge is 0.142 e. The Morgan fingerprint density at radius 2 is 2.33 bits per heavy atom. The molecule has 0 fully saturated rings. The molecule has 0 aliphatic heterocycles. The molecule has 0 saturated heterocycles. The van der Waals surface area contributed by atoms with Gasteiger partial charge in [0.1, 0.15) is 0 Å². The number of aryl methyl sites for hydroxylation is 1.